The highest BCUT2D eigenvalue weighted by Crippen LogP contribution is 2.14. The summed E-state index contributed by atoms with van der Waals surface area (Å²) in [5.74, 6) is -2.51. The number of methoxy groups -OCH3 is 1. The van der Waals surface area contributed by atoms with E-state index in [4.69, 9.17) is 25.5 Å². The number of oxime groups is 1. The highest BCUT2D eigenvalue weighted by Gasteiger charge is 2.05. The summed E-state index contributed by atoms with van der Waals surface area (Å²) in [4.78, 5) is 24.3. The van der Waals surface area contributed by atoms with E-state index in [1.807, 2.05) is 24.3 Å². The largest absolute Gasteiger partial charge is 0.478 e. The molecular weight excluding hydrogens is 420 g/mol. The van der Waals surface area contributed by atoms with Gasteiger partial charge in [0.05, 0.1) is 5.71 Å². The fraction of sp³-hybridized carbons (Fsp3) is 0.389. The van der Waals surface area contributed by atoms with Crippen LogP contribution in [-0.4, -0.2) is 54.7 Å². The van der Waals surface area contributed by atoms with Crippen molar-refractivity contribution < 1.29 is 29.4 Å². The molecule has 0 unspecified atom stereocenters. The number of nitrogens with two attached hydrogens (primary N) is 1. The molecule has 9 heteroatoms. The number of unbranched alkanes of at least 4 members (excludes halogenated alkanes) is 1. The molecule has 0 spiro atoms. The third-order valence-electron chi connectivity index (χ3n) is 2.94. The second-order valence-corrected chi connectivity index (χ2v) is 6.04. The van der Waals surface area contributed by atoms with Crippen molar-refractivity contribution in [3.8, 4) is 0 Å². The number of hydrogen-bond donors (Lipinski definition) is 3. The van der Waals surface area contributed by atoms with E-state index >= 15 is 0 Å². The van der Waals surface area contributed by atoms with Crippen LogP contribution in [0.3, 0.4) is 0 Å². The molecule has 0 fully saturated rings. The Hall–Kier alpha value is -2.23. The van der Waals surface area contributed by atoms with Crippen molar-refractivity contribution in [3.63, 3.8) is 0 Å². The van der Waals surface area contributed by atoms with Crippen LogP contribution in [0.5, 0.6) is 0 Å². The Morgan fingerprint density at radius 3 is 2.19 bits per heavy atom. The minimum absolute atomic E-state index is 0.443. The zero-order chi connectivity index (χ0) is 20.5. The number of aliphatic carboxylic acids is 2. The molecule has 0 atom stereocenters. The second kappa shape index (κ2) is 16.0. The van der Waals surface area contributed by atoms with Crippen molar-refractivity contribution in [3.05, 3.63) is 46.5 Å². The number of carboxylic acid groups (broad SMARTS) is 2. The van der Waals surface area contributed by atoms with Crippen LogP contribution >= 0.6 is 15.9 Å². The molecule has 1 aromatic rings. The zero-order valence-electron chi connectivity index (χ0n) is 15.1. The second-order valence-electron chi connectivity index (χ2n) is 5.13. The molecular formula is C18H25BrN2O6. The van der Waals surface area contributed by atoms with Crippen molar-refractivity contribution in [1.29, 1.82) is 0 Å². The van der Waals surface area contributed by atoms with E-state index < -0.39 is 11.9 Å². The first-order valence-corrected chi connectivity index (χ1v) is 8.97. The lowest BCUT2D eigenvalue weighted by Crippen LogP contribution is -2.08. The molecule has 0 aliphatic rings. The Morgan fingerprint density at radius 2 is 1.70 bits per heavy atom. The molecule has 0 aromatic heterocycles. The Labute approximate surface area is 166 Å². The molecule has 150 valence electrons. The average molecular weight is 445 g/mol. The van der Waals surface area contributed by atoms with E-state index in [0.29, 0.717) is 25.3 Å². The Balaban J connectivity index is 0.000000713. The summed E-state index contributed by atoms with van der Waals surface area (Å²) in [5, 5.41) is 19.8. The quantitative estimate of drug-likeness (QED) is 0.207. The molecule has 27 heavy (non-hydrogen) atoms. The standard InChI is InChI=1S/C14H21BrN2O2.C4H4O4/c1-18-10-3-2-4-14(17-19-11-9-16)12-5-7-13(15)8-6-12;5-3(6)1-2-4(7)8/h5-8H,2-4,9-11,16H2,1H3;1-2H,(H,5,6)(H,7,8). The zero-order valence-corrected chi connectivity index (χ0v) is 16.7. The van der Waals surface area contributed by atoms with Gasteiger partial charge in [0.15, 0.2) is 0 Å². The molecule has 0 amide bonds. The van der Waals surface area contributed by atoms with Crippen molar-refractivity contribution in [2.45, 2.75) is 19.3 Å². The Morgan fingerprint density at radius 1 is 1.11 bits per heavy atom. The van der Waals surface area contributed by atoms with Gasteiger partial charge in [0.1, 0.15) is 6.61 Å². The van der Waals surface area contributed by atoms with E-state index in [1.165, 1.54) is 0 Å². The highest BCUT2D eigenvalue weighted by molar-refractivity contribution is 9.10. The van der Waals surface area contributed by atoms with Gasteiger partial charge in [-0.05, 0) is 37.0 Å². The molecule has 1 rings (SSSR count). The van der Waals surface area contributed by atoms with Gasteiger partial charge in [0.25, 0.3) is 0 Å². The SMILES string of the molecule is COCCCCC(=NOCCN)c1ccc(Br)cc1.O=C(O)C=CC(=O)O. The van der Waals surface area contributed by atoms with Gasteiger partial charge < -0.3 is 25.5 Å². The summed E-state index contributed by atoms with van der Waals surface area (Å²) in [6.07, 6.45) is 4.03. The van der Waals surface area contributed by atoms with Crippen molar-refractivity contribution in [2.24, 2.45) is 10.9 Å². The monoisotopic (exact) mass is 444 g/mol. The van der Waals surface area contributed by atoms with Crippen LogP contribution in [0, 0.1) is 0 Å². The first-order chi connectivity index (χ1) is 12.9. The fourth-order valence-corrected chi connectivity index (χ4v) is 2.01. The molecule has 1 aromatic carbocycles. The number of ether oxygens (including phenoxy) is 1. The first kappa shape index (κ1) is 24.8. The summed E-state index contributed by atoms with van der Waals surface area (Å²) in [7, 11) is 1.72. The molecule has 0 aliphatic carbocycles. The molecule has 4 N–H and O–H groups in total. The number of halogens is 1. The predicted molar refractivity (Wildman–Crippen MR) is 106 cm³/mol. The number of benzene rings is 1. The summed E-state index contributed by atoms with van der Waals surface area (Å²) >= 11 is 3.43. The Bertz CT molecular complexity index is 601. The number of hydrogen-bond acceptors (Lipinski definition) is 6. The van der Waals surface area contributed by atoms with E-state index in [9.17, 15) is 9.59 Å². The number of rotatable bonds is 11. The van der Waals surface area contributed by atoms with Gasteiger partial charge in [-0.2, -0.15) is 0 Å². The van der Waals surface area contributed by atoms with Crippen LogP contribution in [0.4, 0.5) is 0 Å². The first-order valence-electron chi connectivity index (χ1n) is 8.18. The van der Waals surface area contributed by atoms with Crippen molar-refractivity contribution in [1.82, 2.24) is 0 Å². The van der Waals surface area contributed by atoms with E-state index in [1.54, 1.807) is 7.11 Å². The number of nitrogens with zero attached hydrogens (tertiary/aromatic N) is 1. The maximum atomic E-state index is 9.55. The number of carbonyl (C=O) groups is 2. The summed E-state index contributed by atoms with van der Waals surface area (Å²) in [5.41, 5.74) is 7.43. The molecule has 0 saturated carbocycles. The van der Waals surface area contributed by atoms with Crippen molar-refractivity contribution >= 4 is 33.6 Å². The van der Waals surface area contributed by atoms with Crippen LogP contribution in [0.1, 0.15) is 24.8 Å². The highest BCUT2D eigenvalue weighted by atomic mass is 79.9. The lowest BCUT2D eigenvalue weighted by Gasteiger charge is -2.07. The smallest absolute Gasteiger partial charge is 0.328 e. The van der Waals surface area contributed by atoms with Gasteiger partial charge in [0, 0.05) is 36.9 Å². The third kappa shape index (κ3) is 14.6. The molecule has 0 heterocycles. The molecule has 0 radical (unpaired) electrons. The predicted octanol–water partition coefficient (Wildman–Crippen LogP) is 2.66. The molecule has 0 bridgehead atoms. The van der Waals surface area contributed by atoms with Crippen LogP contribution in [0.15, 0.2) is 46.0 Å². The van der Waals surface area contributed by atoms with Crippen LogP contribution in [0.25, 0.3) is 0 Å². The van der Waals surface area contributed by atoms with Gasteiger partial charge in [-0.3, -0.25) is 0 Å². The molecule has 0 saturated heterocycles. The van der Waals surface area contributed by atoms with Crippen LogP contribution in [-0.2, 0) is 19.2 Å². The minimum Gasteiger partial charge on any atom is -0.478 e. The van der Waals surface area contributed by atoms with Gasteiger partial charge >= 0.3 is 11.9 Å². The third-order valence-corrected chi connectivity index (χ3v) is 3.47. The van der Waals surface area contributed by atoms with Gasteiger partial charge in [-0.25, -0.2) is 9.59 Å². The average Bonchev–Trinajstić information content (AvgIpc) is 2.63. The Kier molecular flexibility index (Phi) is 14.7. The minimum atomic E-state index is -1.26. The summed E-state index contributed by atoms with van der Waals surface area (Å²) in [6, 6.07) is 8.07. The van der Waals surface area contributed by atoms with Gasteiger partial charge in [-0.15, -0.1) is 0 Å². The van der Waals surface area contributed by atoms with Crippen LogP contribution < -0.4 is 5.73 Å². The van der Waals surface area contributed by atoms with Gasteiger partial charge in [-0.1, -0.05) is 33.2 Å². The van der Waals surface area contributed by atoms with E-state index in [2.05, 4.69) is 21.1 Å². The summed E-state index contributed by atoms with van der Waals surface area (Å²) < 4.78 is 6.10. The lowest BCUT2D eigenvalue weighted by atomic mass is 10.1. The molecule has 0 aliphatic heterocycles. The maximum absolute atomic E-state index is 9.55. The van der Waals surface area contributed by atoms with Crippen molar-refractivity contribution in [2.75, 3.05) is 26.9 Å². The lowest BCUT2D eigenvalue weighted by molar-refractivity contribution is -0.134. The number of carboxylic acids is 2. The maximum Gasteiger partial charge on any atom is 0.328 e. The summed E-state index contributed by atoms with van der Waals surface area (Å²) in [6.45, 7) is 1.69. The fourth-order valence-electron chi connectivity index (χ4n) is 1.74. The van der Waals surface area contributed by atoms with E-state index in [-0.39, 0.29) is 0 Å². The van der Waals surface area contributed by atoms with Crippen LogP contribution in [0.2, 0.25) is 0 Å². The normalized spacial score (nSPS) is 11.0. The topological polar surface area (TPSA) is 131 Å². The van der Waals surface area contributed by atoms with Gasteiger partial charge in [0.2, 0.25) is 0 Å². The van der Waals surface area contributed by atoms with E-state index in [0.717, 1.165) is 41.6 Å². The molecule has 8 nitrogen and oxygen atoms in total.